The van der Waals surface area contributed by atoms with Crippen molar-refractivity contribution < 1.29 is 13.2 Å². The van der Waals surface area contributed by atoms with E-state index in [0.717, 1.165) is 12.3 Å². The number of nitrogens with zero attached hydrogens (tertiary/aromatic N) is 1. The first-order valence-corrected chi connectivity index (χ1v) is 5.97. The molecule has 0 aliphatic heterocycles. The van der Waals surface area contributed by atoms with Gasteiger partial charge in [0.2, 0.25) is 0 Å². The van der Waals surface area contributed by atoms with Crippen molar-refractivity contribution in [3.05, 3.63) is 29.6 Å². The summed E-state index contributed by atoms with van der Waals surface area (Å²) < 4.78 is 37.4. The Morgan fingerprint density at radius 1 is 1.17 bits per heavy atom. The van der Waals surface area contributed by atoms with Crippen molar-refractivity contribution in [2.24, 2.45) is 5.92 Å². The zero-order valence-electron chi connectivity index (χ0n) is 11.0. The zero-order chi connectivity index (χ0) is 13.9. The van der Waals surface area contributed by atoms with Gasteiger partial charge in [-0.05, 0) is 32.0 Å². The van der Waals surface area contributed by atoms with Crippen LogP contribution < -0.4 is 5.32 Å². The number of hydrogen-bond donors (Lipinski definition) is 1. The number of hydrogen-bond acceptors (Lipinski definition) is 2. The number of alkyl halides is 3. The highest BCUT2D eigenvalue weighted by molar-refractivity contribution is 5.20. The summed E-state index contributed by atoms with van der Waals surface area (Å²) in [6.45, 7) is 6.08. The van der Waals surface area contributed by atoms with Gasteiger partial charge in [0.25, 0.3) is 0 Å². The van der Waals surface area contributed by atoms with E-state index < -0.39 is 11.7 Å². The Balaban J connectivity index is 3.01. The molecule has 0 saturated carbocycles. The second-order valence-electron chi connectivity index (χ2n) is 4.82. The van der Waals surface area contributed by atoms with Crippen LogP contribution in [-0.4, -0.2) is 18.1 Å². The van der Waals surface area contributed by atoms with E-state index in [1.165, 1.54) is 6.07 Å². The van der Waals surface area contributed by atoms with Gasteiger partial charge < -0.3 is 5.32 Å². The van der Waals surface area contributed by atoms with E-state index in [1.54, 1.807) is 0 Å². The summed E-state index contributed by atoms with van der Waals surface area (Å²) in [5, 5.41) is 3.13. The highest BCUT2D eigenvalue weighted by Gasteiger charge is 2.31. The monoisotopic (exact) mass is 260 g/mol. The molecule has 102 valence electrons. The molecule has 1 heterocycles. The van der Waals surface area contributed by atoms with Crippen LogP contribution in [0.15, 0.2) is 18.3 Å². The van der Waals surface area contributed by atoms with Crippen LogP contribution in [0.1, 0.15) is 37.9 Å². The largest absolute Gasteiger partial charge is 0.417 e. The molecule has 0 bridgehead atoms. The van der Waals surface area contributed by atoms with E-state index in [0.29, 0.717) is 11.6 Å². The van der Waals surface area contributed by atoms with Crippen LogP contribution in [0.4, 0.5) is 13.2 Å². The van der Waals surface area contributed by atoms with Crippen LogP contribution in [0.3, 0.4) is 0 Å². The van der Waals surface area contributed by atoms with Crippen LogP contribution in [0.2, 0.25) is 0 Å². The minimum atomic E-state index is -4.33. The Kier molecular flexibility index (Phi) is 4.73. The molecule has 1 rings (SSSR count). The predicted octanol–water partition coefficient (Wildman–Crippen LogP) is 3.45. The Hall–Kier alpha value is -1.10. The highest BCUT2D eigenvalue weighted by Crippen LogP contribution is 2.31. The van der Waals surface area contributed by atoms with Crippen LogP contribution >= 0.6 is 0 Å². The Bertz CT molecular complexity index is 371. The van der Waals surface area contributed by atoms with E-state index in [4.69, 9.17) is 0 Å². The summed E-state index contributed by atoms with van der Waals surface area (Å²) in [6, 6.07) is 2.73. The van der Waals surface area contributed by atoms with Gasteiger partial charge in [0.05, 0.1) is 5.56 Å². The molecule has 0 fully saturated rings. The molecule has 18 heavy (non-hydrogen) atoms. The van der Waals surface area contributed by atoms with E-state index in [9.17, 15) is 13.2 Å². The SMILES string of the molecule is CNC(C)C(c1ccc(C(F)(F)F)cn1)C(C)C. The topological polar surface area (TPSA) is 24.9 Å². The van der Waals surface area contributed by atoms with Gasteiger partial charge in [0.15, 0.2) is 0 Å². The first kappa shape index (κ1) is 15.0. The zero-order valence-corrected chi connectivity index (χ0v) is 11.0. The molecule has 0 spiro atoms. The fraction of sp³-hybridized carbons (Fsp3) is 0.615. The van der Waals surface area contributed by atoms with Crippen molar-refractivity contribution in [1.29, 1.82) is 0 Å². The van der Waals surface area contributed by atoms with Crippen LogP contribution in [0.25, 0.3) is 0 Å². The van der Waals surface area contributed by atoms with E-state index >= 15 is 0 Å². The lowest BCUT2D eigenvalue weighted by Gasteiger charge is -2.26. The number of rotatable bonds is 4. The first-order chi connectivity index (χ1) is 8.27. The predicted molar refractivity (Wildman–Crippen MR) is 65.3 cm³/mol. The Morgan fingerprint density at radius 2 is 1.78 bits per heavy atom. The van der Waals surface area contributed by atoms with Crippen molar-refractivity contribution in [2.75, 3.05) is 7.05 Å². The van der Waals surface area contributed by atoms with Gasteiger partial charge in [0, 0.05) is 23.9 Å². The Labute approximate surface area is 106 Å². The fourth-order valence-electron chi connectivity index (χ4n) is 2.12. The van der Waals surface area contributed by atoms with Gasteiger partial charge >= 0.3 is 6.18 Å². The van der Waals surface area contributed by atoms with Crippen molar-refractivity contribution >= 4 is 0 Å². The maximum absolute atomic E-state index is 12.5. The second kappa shape index (κ2) is 5.69. The fourth-order valence-corrected chi connectivity index (χ4v) is 2.12. The summed E-state index contributed by atoms with van der Waals surface area (Å²) in [5.41, 5.74) is -0.00860. The minimum Gasteiger partial charge on any atom is -0.317 e. The average Bonchev–Trinajstić information content (AvgIpc) is 2.28. The molecule has 2 unspecified atom stereocenters. The number of aromatic nitrogens is 1. The number of nitrogens with one attached hydrogen (secondary N) is 1. The van der Waals surface area contributed by atoms with E-state index in [2.05, 4.69) is 10.3 Å². The number of pyridine rings is 1. The molecule has 0 amide bonds. The highest BCUT2D eigenvalue weighted by atomic mass is 19.4. The smallest absolute Gasteiger partial charge is 0.317 e. The standard InChI is InChI=1S/C13H19F3N2/c1-8(2)12(9(3)17-4)11-6-5-10(7-18-11)13(14,15)16/h5-9,12,17H,1-4H3. The summed E-state index contributed by atoms with van der Waals surface area (Å²) in [5.74, 6) is 0.397. The Morgan fingerprint density at radius 3 is 2.11 bits per heavy atom. The van der Waals surface area contributed by atoms with Gasteiger partial charge in [-0.2, -0.15) is 13.2 Å². The summed E-state index contributed by atoms with van der Waals surface area (Å²) in [4.78, 5) is 3.98. The molecule has 2 atom stereocenters. The third kappa shape index (κ3) is 3.45. The maximum Gasteiger partial charge on any atom is 0.417 e. The summed E-state index contributed by atoms with van der Waals surface area (Å²) >= 11 is 0. The molecular formula is C13H19F3N2. The first-order valence-electron chi connectivity index (χ1n) is 5.97. The normalized spacial score (nSPS) is 15.8. The van der Waals surface area contributed by atoms with Gasteiger partial charge in [0.1, 0.15) is 0 Å². The molecule has 1 aromatic heterocycles. The molecule has 0 aliphatic carbocycles. The molecule has 1 aromatic rings. The molecule has 0 aromatic carbocycles. The van der Waals surface area contributed by atoms with Crippen molar-refractivity contribution in [2.45, 2.75) is 38.9 Å². The van der Waals surface area contributed by atoms with Gasteiger partial charge in [-0.3, -0.25) is 4.98 Å². The minimum absolute atomic E-state index is 0.0947. The maximum atomic E-state index is 12.5. The lowest BCUT2D eigenvalue weighted by molar-refractivity contribution is -0.137. The van der Waals surface area contributed by atoms with Crippen molar-refractivity contribution in [3.8, 4) is 0 Å². The molecular weight excluding hydrogens is 241 g/mol. The van der Waals surface area contributed by atoms with Crippen LogP contribution in [0.5, 0.6) is 0 Å². The molecule has 0 aliphatic rings. The third-order valence-corrected chi connectivity index (χ3v) is 3.17. The number of halogens is 3. The van der Waals surface area contributed by atoms with E-state index in [1.807, 2.05) is 27.8 Å². The quantitative estimate of drug-likeness (QED) is 0.897. The molecule has 5 heteroatoms. The van der Waals surface area contributed by atoms with E-state index in [-0.39, 0.29) is 12.0 Å². The second-order valence-corrected chi connectivity index (χ2v) is 4.82. The van der Waals surface area contributed by atoms with Crippen LogP contribution in [-0.2, 0) is 6.18 Å². The molecule has 2 nitrogen and oxygen atoms in total. The van der Waals surface area contributed by atoms with Gasteiger partial charge in [-0.15, -0.1) is 0 Å². The van der Waals surface area contributed by atoms with Gasteiger partial charge in [-0.1, -0.05) is 13.8 Å². The number of likely N-dealkylation sites (N-methyl/N-ethyl adjacent to an activating group) is 1. The van der Waals surface area contributed by atoms with Crippen molar-refractivity contribution in [1.82, 2.24) is 10.3 Å². The molecule has 1 N–H and O–H groups in total. The average molecular weight is 260 g/mol. The lowest BCUT2D eigenvalue weighted by atomic mass is 9.86. The van der Waals surface area contributed by atoms with Crippen LogP contribution in [0, 0.1) is 5.92 Å². The summed E-state index contributed by atoms with van der Waals surface area (Å²) in [7, 11) is 1.84. The summed E-state index contributed by atoms with van der Waals surface area (Å²) in [6.07, 6.45) is -3.42. The van der Waals surface area contributed by atoms with Crippen molar-refractivity contribution in [3.63, 3.8) is 0 Å². The third-order valence-electron chi connectivity index (χ3n) is 3.17. The lowest BCUT2D eigenvalue weighted by Crippen LogP contribution is -2.32. The molecule has 0 radical (unpaired) electrons. The van der Waals surface area contributed by atoms with Gasteiger partial charge in [-0.25, -0.2) is 0 Å². The molecule has 0 saturated heterocycles.